The minimum Gasteiger partial charge on any atom is -0.465 e. The maximum absolute atomic E-state index is 10.8. The predicted octanol–water partition coefficient (Wildman–Crippen LogP) is 0.490. The maximum atomic E-state index is 10.8. The average Bonchev–Trinajstić information content (AvgIpc) is 2.04. The number of hydrogen-bond donors (Lipinski definition) is 3. The predicted molar refractivity (Wildman–Crippen MR) is 43.3 cm³/mol. The Morgan fingerprint density at radius 3 is 2.69 bits per heavy atom. The number of imide groups is 1. The summed E-state index contributed by atoms with van der Waals surface area (Å²) < 4.78 is 5.17. The number of carbonyl (C=O) groups is 2. The van der Waals surface area contributed by atoms with Gasteiger partial charge in [-0.2, -0.15) is 0 Å². The van der Waals surface area contributed by atoms with Crippen LogP contribution in [0, 0.1) is 0 Å². The van der Waals surface area contributed by atoms with E-state index >= 15 is 0 Å². The Morgan fingerprint density at radius 2 is 2.15 bits per heavy atom. The van der Waals surface area contributed by atoms with Crippen molar-refractivity contribution >= 4 is 12.1 Å². The largest absolute Gasteiger partial charge is 0.465 e. The molecular weight excluding hydrogens is 176 g/mol. The molecule has 0 saturated carbocycles. The Bertz CT molecular complexity index is 201. The number of hydrogen-bond acceptors (Lipinski definition) is 3. The van der Waals surface area contributed by atoms with Crippen LogP contribution in [-0.2, 0) is 4.74 Å². The van der Waals surface area contributed by atoms with Gasteiger partial charge < -0.3 is 15.2 Å². The third kappa shape index (κ3) is 3.75. The zero-order valence-corrected chi connectivity index (χ0v) is 7.08. The molecule has 0 spiro atoms. The van der Waals surface area contributed by atoms with Gasteiger partial charge in [-0.3, -0.25) is 0 Å². The zero-order chi connectivity index (χ0) is 9.68. The highest BCUT2D eigenvalue weighted by molar-refractivity contribution is 5.89. The van der Waals surface area contributed by atoms with Crippen molar-refractivity contribution in [1.82, 2.24) is 10.6 Å². The van der Waals surface area contributed by atoms with E-state index in [1.807, 2.05) is 0 Å². The van der Waals surface area contributed by atoms with Gasteiger partial charge in [-0.1, -0.05) is 0 Å². The normalized spacial score (nSPS) is 22.0. The second-order valence-electron chi connectivity index (χ2n) is 2.76. The van der Waals surface area contributed by atoms with Gasteiger partial charge in [0, 0.05) is 6.61 Å². The fraction of sp³-hybridized carbons (Fsp3) is 0.714. The average molecular weight is 188 g/mol. The lowest BCUT2D eigenvalue weighted by Gasteiger charge is -2.22. The fourth-order valence-electron chi connectivity index (χ4n) is 1.13. The molecule has 74 valence electrons. The van der Waals surface area contributed by atoms with Crippen molar-refractivity contribution in [2.24, 2.45) is 0 Å². The van der Waals surface area contributed by atoms with Crippen LogP contribution < -0.4 is 10.6 Å². The highest BCUT2D eigenvalue weighted by Crippen LogP contribution is 2.09. The van der Waals surface area contributed by atoms with E-state index < -0.39 is 12.1 Å². The number of amides is 3. The van der Waals surface area contributed by atoms with Gasteiger partial charge in [0.2, 0.25) is 0 Å². The molecule has 0 aliphatic carbocycles. The van der Waals surface area contributed by atoms with Crippen LogP contribution in [0.1, 0.15) is 19.3 Å². The number of ether oxygens (including phenoxy) is 1. The summed E-state index contributed by atoms with van der Waals surface area (Å²) in [6, 6.07) is -0.737. The number of rotatable bonds is 1. The third-order valence-electron chi connectivity index (χ3n) is 1.69. The topological polar surface area (TPSA) is 87.7 Å². The fourth-order valence-corrected chi connectivity index (χ4v) is 1.13. The molecule has 0 bridgehead atoms. The standard InChI is InChI=1S/C7H12N2O4/c10-6(9-7(11)12)8-5-3-1-2-4-13-5/h5H,1-4H2,(H,11,12)(H2,8,9,10). The van der Waals surface area contributed by atoms with E-state index in [0.29, 0.717) is 6.61 Å². The second-order valence-corrected chi connectivity index (χ2v) is 2.76. The van der Waals surface area contributed by atoms with E-state index in [-0.39, 0.29) is 6.23 Å². The lowest BCUT2D eigenvalue weighted by atomic mass is 10.2. The Kier molecular flexibility index (Phi) is 3.51. The van der Waals surface area contributed by atoms with Gasteiger partial charge in [-0.05, 0) is 19.3 Å². The number of carboxylic acid groups (broad SMARTS) is 1. The number of urea groups is 1. The zero-order valence-electron chi connectivity index (χ0n) is 7.08. The molecule has 3 amide bonds. The Balaban J connectivity index is 2.22. The number of carbonyl (C=O) groups excluding carboxylic acids is 1. The molecule has 0 radical (unpaired) electrons. The Morgan fingerprint density at radius 1 is 1.38 bits per heavy atom. The summed E-state index contributed by atoms with van der Waals surface area (Å²) >= 11 is 0. The van der Waals surface area contributed by atoms with E-state index in [0.717, 1.165) is 19.3 Å². The summed E-state index contributed by atoms with van der Waals surface area (Å²) in [5.41, 5.74) is 0. The van der Waals surface area contributed by atoms with E-state index in [1.54, 1.807) is 5.32 Å². The van der Waals surface area contributed by atoms with Crippen LogP contribution in [0.5, 0.6) is 0 Å². The molecule has 1 fully saturated rings. The van der Waals surface area contributed by atoms with Crippen molar-refractivity contribution in [2.45, 2.75) is 25.5 Å². The molecule has 13 heavy (non-hydrogen) atoms. The van der Waals surface area contributed by atoms with Crippen molar-refractivity contribution in [1.29, 1.82) is 0 Å². The molecule has 1 saturated heterocycles. The molecule has 1 aliphatic rings. The van der Waals surface area contributed by atoms with E-state index in [9.17, 15) is 9.59 Å². The lowest BCUT2D eigenvalue weighted by Crippen LogP contribution is -2.46. The molecule has 3 N–H and O–H groups in total. The summed E-state index contributed by atoms with van der Waals surface area (Å²) in [7, 11) is 0. The van der Waals surface area contributed by atoms with Crippen molar-refractivity contribution in [3.05, 3.63) is 0 Å². The van der Waals surface area contributed by atoms with Crippen LogP contribution >= 0.6 is 0 Å². The minimum atomic E-state index is -1.37. The summed E-state index contributed by atoms with van der Waals surface area (Å²) in [6.07, 6.45) is 0.977. The van der Waals surface area contributed by atoms with Crippen LogP contribution in [0.4, 0.5) is 9.59 Å². The molecule has 1 heterocycles. The monoisotopic (exact) mass is 188 g/mol. The van der Waals surface area contributed by atoms with Crippen molar-refractivity contribution < 1.29 is 19.4 Å². The lowest BCUT2D eigenvalue weighted by molar-refractivity contribution is 0.00248. The Hall–Kier alpha value is -1.30. The van der Waals surface area contributed by atoms with Crippen LogP contribution in [-0.4, -0.2) is 30.1 Å². The second kappa shape index (κ2) is 4.66. The first-order chi connectivity index (χ1) is 6.18. The molecule has 1 unspecified atom stereocenters. The summed E-state index contributed by atoms with van der Waals surface area (Å²) in [5, 5.41) is 12.3. The van der Waals surface area contributed by atoms with E-state index in [4.69, 9.17) is 9.84 Å². The SMILES string of the molecule is O=C(O)NC(=O)NC1CCCCO1. The van der Waals surface area contributed by atoms with Gasteiger partial charge in [0.1, 0.15) is 6.23 Å². The van der Waals surface area contributed by atoms with Gasteiger partial charge in [-0.15, -0.1) is 0 Å². The minimum absolute atomic E-state index is 0.354. The molecule has 0 aromatic rings. The molecular formula is C7H12N2O4. The van der Waals surface area contributed by atoms with Gasteiger partial charge in [0.25, 0.3) is 0 Å². The third-order valence-corrected chi connectivity index (χ3v) is 1.69. The van der Waals surface area contributed by atoms with Gasteiger partial charge >= 0.3 is 12.1 Å². The molecule has 0 aromatic heterocycles. The summed E-state index contributed by atoms with van der Waals surface area (Å²) in [6.45, 7) is 0.609. The van der Waals surface area contributed by atoms with Gasteiger partial charge in [0.15, 0.2) is 0 Å². The Labute approximate surface area is 75.3 Å². The van der Waals surface area contributed by atoms with Crippen LogP contribution in [0.25, 0.3) is 0 Å². The molecule has 1 atom stereocenters. The molecule has 0 aromatic carbocycles. The van der Waals surface area contributed by atoms with Crippen molar-refractivity contribution in [3.8, 4) is 0 Å². The highest BCUT2D eigenvalue weighted by atomic mass is 16.5. The first-order valence-electron chi connectivity index (χ1n) is 4.10. The molecule has 1 aliphatic heterocycles. The van der Waals surface area contributed by atoms with E-state index in [2.05, 4.69) is 5.32 Å². The summed E-state index contributed by atoms with van der Waals surface area (Å²) in [5.74, 6) is 0. The van der Waals surface area contributed by atoms with Crippen LogP contribution in [0.15, 0.2) is 0 Å². The van der Waals surface area contributed by atoms with Crippen LogP contribution in [0.3, 0.4) is 0 Å². The molecule has 6 heteroatoms. The van der Waals surface area contributed by atoms with Gasteiger partial charge in [0.05, 0.1) is 0 Å². The van der Waals surface area contributed by atoms with Crippen molar-refractivity contribution in [2.75, 3.05) is 6.61 Å². The molecule has 1 rings (SSSR count). The number of nitrogens with one attached hydrogen (secondary N) is 2. The first kappa shape index (κ1) is 9.79. The van der Waals surface area contributed by atoms with Crippen molar-refractivity contribution in [3.63, 3.8) is 0 Å². The van der Waals surface area contributed by atoms with Gasteiger partial charge in [-0.25, -0.2) is 14.9 Å². The molecule has 6 nitrogen and oxygen atoms in total. The smallest absolute Gasteiger partial charge is 0.412 e. The van der Waals surface area contributed by atoms with E-state index in [1.165, 1.54) is 0 Å². The first-order valence-corrected chi connectivity index (χ1v) is 4.10. The summed E-state index contributed by atoms with van der Waals surface area (Å²) in [4.78, 5) is 20.9. The van der Waals surface area contributed by atoms with Crippen LogP contribution in [0.2, 0.25) is 0 Å². The maximum Gasteiger partial charge on any atom is 0.412 e. The highest BCUT2D eigenvalue weighted by Gasteiger charge is 2.16. The quantitative estimate of drug-likeness (QED) is 0.558.